The van der Waals surface area contributed by atoms with Gasteiger partial charge in [0.05, 0.1) is 5.52 Å². The molecule has 0 saturated carbocycles. The fraction of sp³-hybridized carbons (Fsp3) is 0.235. The van der Waals surface area contributed by atoms with Gasteiger partial charge in [-0.1, -0.05) is 0 Å². The van der Waals surface area contributed by atoms with Crippen LogP contribution in [0.5, 0.6) is 11.6 Å². The monoisotopic (exact) mass is 325 g/mol. The Balaban J connectivity index is 1.54. The number of rotatable bonds is 3. The van der Waals surface area contributed by atoms with Gasteiger partial charge in [-0.25, -0.2) is 9.97 Å². The van der Waals surface area contributed by atoms with Crippen molar-refractivity contribution in [1.29, 1.82) is 0 Å². The predicted molar refractivity (Wildman–Crippen MR) is 89.1 cm³/mol. The fourth-order valence-corrected chi connectivity index (χ4v) is 3.49. The molecule has 0 atom stereocenters. The van der Waals surface area contributed by atoms with Crippen molar-refractivity contribution >= 4 is 27.5 Å². The first-order valence-corrected chi connectivity index (χ1v) is 8.44. The second-order valence-corrected chi connectivity index (χ2v) is 6.36. The number of aromatic nitrogens is 2. The average molecular weight is 325 g/mol. The average Bonchev–Trinajstić information content (AvgIpc) is 3.27. The van der Waals surface area contributed by atoms with E-state index in [-0.39, 0.29) is 5.91 Å². The first-order chi connectivity index (χ1) is 11.3. The van der Waals surface area contributed by atoms with Gasteiger partial charge >= 0.3 is 0 Å². The summed E-state index contributed by atoms with van der Waals surface area (Å²) in [6.45, 7) is 1.71. The third-order valence-electron chi connectivity index (χ3n) is 3.92. The molecule has 1 aliphatic rings. The lowest BCUT2D eigenvalue weighted by molar-refractivity contribution is 0.0793. The molecular formula is C17H15N3O2S. The van der Waals surface area contributed by atoms with Gasteiger partial charge in [0.25, 0.3) is 5.91 Å². The van der Waals surface area contributed by atoms with Crippen LogP contribution >= 0.6 is 11.3 Å². The van der Waals surface area contributed by atoms with Crippen molar-refractivity contribution in [3.63, 3.8) is 0 Å². The van der Waals surface area contributed by atoms with Crippen molar-refractivity contribution in [2.75, 3.05) is 13.1 Å². The van der Waals surface area contributed by atoms with Crippen LogP contribution in [0.25, 0.3) is 10.2 Å². The maximum absolute atomic E-state index is 12.3. The Bertz CT molecular complexity index is 838. The molecule has 1 aliphatic heterocycles. The summed E-state index contributed by atoms with van der Waals surface area (Å²) in [7, 11) is 0. The van der Waals surface area contributed by atoms with Crippen LogP contribution in [-0.2, 0) is 0 Å². The molecule has 0 aliphatic carbocycles. The maximum atomic E-state index is 12.3. The lowest BCUT2D eigenvalue weighted by Crippen LogP contribution is -2.27. The van der Waals surface area contributed by atoms with Crippen LogP contribution in [0.2, 0.25) is 0 Å². The van der Waals surface area contributed by atoms with Gasteiger partial charge in [-0.05, 0) is 48.6 Å². The zero-order valence-corrected chi connectivity index (χ0v) is 13.3. The zero-order chi connectivity index (χ0) is 15.6. The Labute approximate surface area is 137 Å². The molecule has 2 aromatic heterocycles. The lowest BCUT2D eigenvalue weighted by Gasteiger charge is -2.15. The first kappa shape index (κ1) is 14.1. The standard InChI is InChI=1S/C17H15N3O2S/c21-17(20-8-1-2-9-20)12-3-5-13(6-4-12)22-16-15-14(7-10-23-15)18-11-19-16/h3-7,10-11H,1-2,8-9H2. The largest absolute Gasteiger partial charge is 0.437 e. The molecule has 3 heterocycles. The molecule has 0 unspecified atom stereocenters. The Morgan fingerprint density at radius 2 is 1.87 bits per heavy atom. The zero-order valence-electron chi connectivity index (χ0n) is 12.4. The van der Waals surface area contributed by atoms with Crippen LogP contribution in [0, 0.1) is 0 Å². The van der Waals surface area contributed by atoms with Crippen molar-refractivity contribution < 1.29 is 9.53 Å². The number of carbonyl (C=O) groups is 1. The van der Waals surface area contributed by atoms with Crippen molar-refractivity contribution in [2.24, 2.45) is 0 Å². The summed E-state index contributed by atoms with van der Waals surface area (Å²) in [5, 5.41) is 1.96. The van der Waals surface area contributed by atoms with Crippen molar-refractivity contribution in [2.45, 2.75) is 12.8 Å². The van der Waals surface area contributed by atoms with E-state index in [0.29, 0.717) is 17.2 Å². The summed E-state index contributed by atoms with van der Waals surface area (Å²) in [6, 6.07) is 9.17. The molecule has 0 radical (unpaired) electrons. The minimum Gasteiger partial charge on any atom is -0.437 e. The van der Waals surface area contributed by atoms with E-state index >= 15 is 0 Å². The molecule has 23 heavy (non-hydrogen) atoms. The molecule has 3 aromatic rings. The topological polar surface area (TPSA) is 55.3 Å². The van der Waals surface area contributed by atoms with E-state index in [0.717, 1.165) is 36.1 Å². The normalized spacial score (nSPS) is 14.3. The van der Waals surface area contributed by atoms with Crippen LogP contribution in [0.4, 0.5) is 0 Å². The van der Waals surface area contributed by atoms with Gasteiger partial charge in [0.2, 0.25) is 5.88 Å². The number of thiophene rings is 1. The van der Waals surface area contributed by atoms with Crippen LogP contribution in [-0.4, -0.2) is 33.9 Å². The Hall–Kier alpha value is -2.47. The minimum absolute atomic E-state index is 0.0942. The van der Waals surface area contributed by atoms with Crippen LogP contribution in [0.1, 0.15) is 23.2 Å². The van der Waals surface area contributed by atoms with E-state index in [1.54, 1.807) is 11.3 Å². The SMILES string of the molecule is O=C(c1ccc(Oc2ncnc3ccsc23)cc1)N1CCCC1. The molecule has 1 amide bonds. The number of likely N-dealkylation sites (tertiary alicyclic amines) is 1. The molecule has 4 rings (SSSR count). The van der Waals surface area contributed by atoms with E-state index in [2.05, 4.69) is 9.97 Å². The Morgan fingerprint density at radius 3 is 2.65 bits per heavy atom. The molecule has 116 valence electrons. The molecular weight excluding hydrogens is 310 g/mol. The summed E-state index contributed by atoms with van der Waals surface area (Å²) < 4.78 is 6.77. The maximum Gasteiger partial charge on any atom is 0.253 e. The minimum atomic E-state index is 0.0942. The first-order valence-electron chi connectivity index (χ1n) is 7.57. The summed E-state index contributed by atoms with van der Waals surface area (Å²) in [6.07, 6.45) is 3.69. The summed E-state index contributed by atoms with van der Waals surface area (Å²) in [5.74, 6) is 1.30. The highest BCUT2D eigenvalue weighted by Gasteiger charge is 2.19. The molecule has 0 bridgehead atoms. The molecule has 1 fully saturated rings. The van der Waals surface area contributed by atoms with E-state index in [9.17, 15) is 4.79 Å². The number of hydrogen-bond acceptors (Lipinski definition) is 5. The highest BCUT2D eigenvalue weighted by Crippen LogP contribution is 2.30. The number of fused-ring (bicyclic) bond motifs is 1. The smallest absolute Gasteiger partial charge is 0.253 e. The Kier molecular flexibility index (Phi) is 3.67. The van der Waals surface area contributed by atoms with Crippen molar-refractivity contribution in [1.82, 2.24) is 14.9 Å². The van der Waals surface area contributed by atoms with Gasteiger partial charge in [0, 0.05) is 18.7 Å². The van der Waals surface area contributed by atoms with E-state index in [1.807, 2.05) is 40.6 Å². The van der Waals surface area contributed by atoms with E-state index in [1.165, 1.54) is 6.33 Å². The number of amides is 1. The van der Waals surface area contributed by atoms with Gasteiger partial charge in [-0.3, -0.25) is 4.79 Å². The van der Waals surface area contributed by atoms with Gasteiger partial charge in [0.15, 0.2) is 0 Å². The summed E-state index contributed by atoms with van der Waals surface area (Å²) in [5.41, 5.74) is 1.57. The number of carbonyl (C=O) groups excluding carboxylic acids is 1. The molecule has 0 spiro atoms. The Morgan fingerprint density at radius 1 is 1.09 bits per heavy atom. The van der Waals surface area contributed by atoms with Crippen LogP contribution < -0.4 is 4.74 Å². The fourth-order valence-electron chi connectivity index (χ4n) is 2.72. The molecule has 0 N–H and O–H groups in total. The quantitative estimate of drug-likeness (QED) is 0.736. The number of ether oxygens (including phenoxy) is 1. The third kappa shape index (κ3) is 2.77. The molecule has 1 aromatic carbocycles. The molecule has 5 nitrogen and oxygen atoms in total. The van der Waals surface area contributed by atoms with Crippen molar-refractivity contribution in [3.05, 3.63) is 47.6 Å². The second kappa shape index (κ2) is 5.96. The van der Waals surface area contributed by atoms with Gasteiger partial charge in [-0.15, -0.1) is 11.3 Å². The van der Waals surface area contributed by atoms with Crippen LogP contribution in [0.3, 0.4) is 0 Å². The van der Waals surface area contributed by atoms with Crippen LogP contribution in [0.15, 0.2) is 42.0 Å². The number of benzene rings is 1. The number of hydrogen-bond donors (Lipinski definition) is 0. The second-order valence-electron chi connectivity index (χ2n) is 5.44. The number of nitrogens with zero attached hydrogens (tertiary/aromatic N) is 3. The summed E-state index contributed by atoms with van der Waals surface area (Å²) >= 11 is 1.55. The lowest BCUT2D eigenvalue weighted by atomic mass is 10.2. The van der Waals surface area contributed by atoms with Gasteiger partial charge < -0.3 is 9.64 Å². The molecule has 1 saturated heterocycles. The van der Waals surface area contributed by atoms with E-state index in [4.69, 9.17) is 4.74 Å². The van der Waals surface area contributed by atoms with Gasteiger partial charge in [-0.2, -0.15) is 0 Å². The predicted octanol–water partition coefficient (Wildman–Crippen LogP) is 3.72. The highest BCUT2D eigenvalue weighted by molar-refractivity contribution is 7.17. The van der Waals surface area contributed by atoms with Gasteiger partial charge in [0.1, 0.15) is 16.8 Å². The summed E-state index contributed by atoms with van der Waals surface area (Å²) in [4.78, 5) is 22.6. The van der Waals surface area contributed by atoms with E-state index < -0.39 is 0 Å². The van der Waals surface area contributed by atoms with Crippen molar-refractivity contribution in [3.8, 4) is 11.6 Å². The molecule has 6 heteroatoms. The highest BCUT2D eigenvalue weighted by atomic mass is 32.1. The third-order valence-corrected chi connectivity index (χ3v) is 4.81.